The molecular weight excluding hydrogens is 278 g/mol. The van der Waals surface area contributed by atoms with Crippen molar-refractivity contribution in [3.63, 3.8) is 0 Å². The Labute approximate surface area is 109 Å². The number of aliphatic imine (C=N–C) groups is 1. The second-order valence-corrected chi connectivity index (χ2v) is 3.24. The number of nitrogens with zero attached hydrogens (tertiary/aromatic N) is 1. The smallest absolute Gasteiger partial charge is 0.104 e. The average molecular weight is 297 g/mol. The molecule has 1 N–H and O–H groups in total. The van der Waals surface area contributed by atoms with E-state index >= 15 is 0 Å². The second kappa shape index (κ2) is 6.46. The summed E-state index contributed by atoms with van der Waals surface area (Å²) >= 11 is 0. The van der Waals surface area contributed by atoms with Crippen LogP contribution in [0.15, 0.2) is 4.99 Å². The Hall–Kier alpha value is 1.01. The normalized spacial score (nSPS) is 17.1. The van der Waals surface area contributed by atoms with E-state index in [1.54, 1.807) is 7.05 Å². The topological polar surface area (TPSA) is 32.6 Å². The Bertz CT molecular complexity index is 157. The minimum Gasteiger partial charge on any atom is -0.384 e. The molecule has 0 fully saturated rings. The zero-order chi connectivity index (χ0) is 9.07. The van der Waals surface area contributed by atoms with Crippen molar-refractivity contribution in [1.82, 2.24) is 0 Å². The summed E-state index contributed by atoms with van der Waals surface area (Å²) in [5, 5.41) is 10.0. The van der Waals surface area contributed by atoms with Crippen LogP contribution in [0.3, 0.4) is 0 Å². The third-order valence-corrected chi connectivity index (χ3v) is 2.46. The minimum absolute atomic E-state index is 0. The Morgan fingerprint density at radius 2 is 1.92 bits per heavy atom. The van der Waals surface area contributed by atoms with Gasteiger partial charge in [-0.05, 0) is 19.3 Å². The van der Waals surface area contributed by atoms with Gasteiger partial charge in [0.05, 0.1) is 0 Å². The first kappa shape index (κ1) is 15.5. The molecule has 0 spiro atoms. The molecule has 0 aliphatic rings. The molecule has 1 atom stereocenters. The first-order chi connectivity index (χ1) is 4.99. The number of hydrogen-bond acceptors (Lipinski definition) is 2. The van der Waals surface area contributed by atoms with Crippen LogP contribution in [-0.4, -0.2) is 23.5 Å². The molecule has 70 valence electrons. The van der Waals surface area contributed by atoms with Crippen LogP contribution in [0.25, 0.3) is 0 Å². The summed E-state index contributed by atoms with van der Waals surface area (Å²) in [6.45, 7) is 7.88. The first-order valence-electron chi connectivity index (χ1n) is 4.15. The quantitative estimate of drug-likeness (QED) is 0.793. The molecule has 0 radical (unpaired) electrons. The summed E-state index contributed by atoms with van der Waals surface area (Å²) in [5.74, 6) is 0.233. The van der Waals surface area contributed by atoms with Crippen molar-refractivity contribution in [2.24, 2.45) is 10.9 Å². The summed E-state index contributed by atoms with van der Waals surface area (Å²) in [7, 11) is 1.72. The van der Waals surface area contributed by atoms with Crippen molar-refractivity contribution in [3.8, 4) is 0 Å². The molecule has 2 nitrogen and oxygen atoms in total. The zero-order valence-corrected chi connectivity index (χ0v) is 11.8. The zero-order valence-electron chi connectivity index (χ0n) is 8.68. The largest absolute Gasteiger partial charge is 0.384 e. The van der Waals surface area contributed by atoms with E-state index < -0.39 is 5.60 Å². The van der Waals surface area contributed by atoms with Gasteiger partial charge in [0.25, 0.3) is 0 Å². The number of rotatable bonds is 3. The maximum absolute atomic E-state index is 10.0. The van der Waals surface area contributed by atoms with Crippen LogP contribution in [0.2, 0.25) is 0 Å². The van der Waals surface area contributed by atoms with Gasteiger partial charge in [-0.3, -0.25) is 4.99 Å². The summed E-state index contributed by atoms with van der Waals surface area (Å²) < 4.78 is 0. The fourth-order valence-corrected chi connectivity index (χ4v) is 1.28. The molecule has 0 rings (SSSR count). The van der Waals surface area contributed by atoms with Crippen molar-refractivity contribution < 1.29 is 46.9 Å². The molecule has 3 heteroatoms. The van der Waals surface area contributed by atoms with Crippen molar-refractivity contribution in [2.75, 3.05) is 7.05 Å². The SMILES string of the molecule is CCC(O)(C(C)=NC)C(C)C.[Ce]. The summed E-state index contributed by atoms with van der Waals surface area (Å²) in [6.07, 6.45) is 0.730. The minimum atomic E-state index is -0.700. The van der Waals surface area contributed by atoms with Crippen LogP contribution in [0, 0.1) is 47.7 Å². The van der Waals surface area contributed by atoms with Crippen LogP contribution in [0.4, 0.5) is 0 Å². The van der Waals surface area contributed by atoms with E-state index in [9.17, 15) is 5.11 Å². The molecule has 12 heavy (non-hydrogen) atoms. The molecule has 0 saturated heterocycles. The summed E-state index contributed by atoms with van der Waals surface area (Å²) in [4.78, 5) is 4.02. The van der Waals surface area contributed by atoms with E-state index in [0.717, 1.165) is 12.1 Å². The number of aliphatic hydroxyl groups is 1. The third-order valence-electron chi connectivity index (χ3n) is 2.46. The summed E-state index contributed by atoms with van der Waals surface area (Å²) in [6, 6.07) is 0. The molecule has 0 saturated carbocycles. The van der Waals surface area contributed by atoms with Crippen LogP contribution >= 0.6 is 0 Å². The molecule has 0 aromatic carbocycles. The van der Waals surface area contributed by atoms with Gasteiger partial charge in [-0.15, -0.1) is 0 Å². The Morgan fingerprint density at radius 3 is 2.00 bits per heavy atom. The fourth-order valence-electron chi connectivity index (χ4n) is 1.28. The molecule has 0 aromatic rings. The molecule has 0 heterocycles. The van der Waals surface area contributed by atoms with Gasteiger partial charge in [-0.1, -0.05) is 20.8 Å². The molecule has 0 amide bonds. The van der Waals surface area contributed by atoms with Crippen molar-refractivity contribution >= 4 is 5.71 Å². The predicted octanol–water partition coefficient (Wildman–Crippen LogP) is 1.87. The van der Waals surface area contributed by atoms with Crippen LogP contribution in [-0.2, 0) is 0 Å². The van der Waals surface area contributed by atoms with Gasteiger partial charge >= 0.3 is 0 Å². The van der Waals surface area contributed by atoms with Crippen LogP contribution in [0.1, 0.15) is 34.1 Å². The van der Waals surface area contributed by atoms with Gasteiger partial charge in [0.2, 0.25) is 0 Å². The van der Waals surface area contributed by atoms with Crippen molar-refractivity contribution in [2.45, 2.75) is 39.7 Å². The van der Waals surface area contributed by atoms with Crippen molar-refractivity contribution in [1.29, 1.82) is 0 Å². The predicted molar refractivity (Wildman–Crippen MR) is 49.1 cm³/mol. The molecule has 0 bridgehead atoms. The monoisotopic (exact) mass is 297 g/mol. The van der Waals surface area contributed by atoms with Gasteiger partial charge < -0.3 is 5.11 Å². The maximum atomic E-state index is 10.0. The van der Waals surface area contributed by atoms with E-state index in [0.29, 0.717) is 0 Å². The van der Waals surface area contributed by atoms with E-state index in [1.807, 2.05) is 27.7 Å². The first-order valence-corrected chi connectivity index (χ1v) is 4.15. The van der Waals surface area contributed by atoms with Crippen LogP contribution in [0.5, 0.6) is 0 Å². The summed E-state index contributed by atoms with van der Waals surface area (Å²) in [5.41, 5.74) is 0.129. The Kier molecular flexibility index (Phi) is 8.33. The maximum Gasteiger partial charge on any atom is 0.104 e. The Morgan fingerprint density at radius 1 is 1.50 bits per heavy atom. The molecule has 0 aromatic heterocycles. The van der Waals surface area contributed by atoms with E-state index in [4.69, 9.17) is 0 Å². The van der Waals surface area contributed by atoms with E-state index in [2.05, 4.69) is 4.99 Å². The number of hydrogen-bond donors (Lipinski definition) is 1. The third kappa shape index (κ3) is 3.40. The van der Waals surface area contributed by atoms with Gasteiger partial charge in [-0.2, -0.15) is 0 Å². The van der Waals surface area contributed by atoms with Gasteiger partial charge in [-0.25, -0.2) is 0 Å². The van der Waals surface area contributed by atoms with E-state index in [-0.39, 0.29) is 47.7 Å². The van der Waals surface area contributed by atoms with Crippen LogP contribution < -0.4 is 0 Å². The molecule has 0 aliphatic heterocycles. The second-order valence-electron chi connectivity index (χ2n) is 3.24. The molecule has 1 unspecified atom stereocenters. The standard InChI is InChI=1S/C9H19NO.Ce/c1-6-9(11,7(2)3)8(4)10-5;/h7,11H,6H2,1-5H3;. The average Bonchev–Trinajstić information content (AvgIpc) is 2.01. The van der Waals surface area contributed by atoms with Gasteiger partial charge in [0, 0.05) is 54.5 Å². The van der Waals surface area contributed by atoms with Gasteiger partial charge in [0.15, 0.2) is 0 Å². The molecule has 0 aliphatic carbocycles. The Balaban J connectivity index is 0. The van der Waals surface area contributed by atoms with E-state index in [1.165, 1.54) is 0 Å². The van der Waals surface area contributed by atoms with Gasteiger partial charge in [0.1, 0.15) is 5.60 Å². The molecular formula is C9H19CeNO. The fraction of sp³-hybridized carbons (Fsp3) is 0.889. The van der Waals surface area contributed by atoms with Crippen molar-refractivity contribution in [3.05, 3.63) is 0 Å².